The third-order valence-corrected chi connectivity index (χ3v) is 7.61. The number of hydrogen-bond donors (Lipinski definition) is 0. The van der Waals surface area contributed by atoms with Gasteiger partial charge in [-0.05, 0) is 73.2 Å². The molecule has 180 valence electrons. The number of thiophene rings is 1. The van der Waals surface area contributed by atoms with Gasteiger partial charge in [-0.2, -0.15) is 0 Å². The Morgan fingerprint density at radius 2 is 2.00 bits per heavy atom. The highest BCUT2D eigenvalue weighted by atomic mass is 32.1. The summed E-state index contributed by atoms with van der Waals surface area (Å²) in [4.78, 5) is 13.9. The normalized spacial score (nSPS) is 13.4. The van der Waals surface area contributed by atoms with Crippen LogP contribution in [-0.4, -0.2) is 24.6 Å². The van der Waals surface area contributed by atoms with E-state index >= 15 is 0 Å². The second-order valence-electron chi connectivity index (χ2n) is 8.91. The molecule has 5 heterocycles. The molecular formula is C26H19F2N5O2S. The number of halogens is 2. The molecule has 0 radical (unpaired) electrons. The van der Waals surface area contributed by atoms with Gasteiger partial charge in [0.05, 0.1) is 5.52 Å². The van der Waals surface area contributed by atoms with Crippen LogP contribution in [0.3, 0.4) is 0 Å². The van der Waals surface area contributed by atoms with Gasteiger partial charge in [0, 0.05) is 5.39 Å². The maximum Gasteiger partial charge on any atom is 0.280 e. The van der Waals surface area contributed by atoms with Crippen molar-refractivity contribution in [2.24, 2.45) is 0 Å². The number of alkyl halides is 2. The van der Waals surface area contributed by atoms with E-state index in [1.54, 1.807) is 17.8 Å². The van der Waals surface area contributed by atoms with Crippen LogP contribution in [0.1, 0.15) is 41.0 Å². The number of nitrogens with zero attached hydrogens (tertiary/aromatic N) is 5. The summed E-state index contributed by atoms with van der Waals surface area (Å²) in [7, 11) is 0. The Balaban J connectivity index is 1.20. The fourth-order valence-electron chi connectivity index (χ4n) is 4.82. The van der Waals surface area contributed by atoms with E-state index in [0.717, 1.165) is 28.7 Å². The molecule has 0 fully saturated rings. The van der Waals surface area contributed by atoms with Gasteiger partial charge < -0.3 is 9.15 Å². The van der Waals surface area contributed by atoms with Crippen molar-refractivity contribution in [3.8, 4) is 17.3 Å². The summed E-state index contributed by atoms with van der Waals surface area (Å²) in [5.74, 6) is 2.41. The van der Waals surface area contributed by atoms with E-state index in [2.05, 4.69) is 32.2 Å². The van der Waals surface area contributed by atoms with Crippen molar-refractivity contribution < 1.29 is 17.9 Å². The summed E-state index contributed by atoms with van der Waals surface area (Å²) in [5, 5.41) is 5.28. The zero-order chi connectivity index (χ0) is 24.4. The van der Waals surface area contributed by atoms with Gasteiger partial charge in [0.1, 0.15) is 39.7 Å². The van der Waals surface area contributed by atoms with Crippen LogP contribution >= 0.6 is 11.3 Å². The molecule has 0 amide bonds. The zero-order valence-corrected chi connectivity index (χ0v) is 20.0. The second-order valence-corrected chi connectivity index (χ2v) is 9.91. The first-order chi connectivity index (χ1) is 17.5. The summed E-state index contributed by atoms with van der Waals surface area (Å²) in [6, 6.07) is 11.3. The Hall–Kier alpha value is -3.92. The molecule has 10 heteroatoms. The molecule has 6 aromatic rings. The van der Waals surface area contributed by atoms with Crippen molar-refractivity contribution in [3.05, 3.63) is 70.9 Å². The Kier molecular flexibility index (Phi) is 4.78. The lowest BCUT2D eigenvalue weighted by molar-refractivity contribution is 0.146. The first-order valence-electron chi connectivity index (χ1n) is 11.6. The van der Waals surface area contributed by atoms with Crippen LogP contribution in [0.15, 0.2) is 47.1 Å². The number of aromatic nitrogens is 5. The lowest BCUT2D eigenvalue weighted by Gasteiger charge is -2.06. The number of ether oxygens (including phenoxy) is 1. The molecule has 1 aromatic carbocycles. The third kappa shape index (κ3) is 3.43. The van der Waals surface area contributed by atoms with Crippen LogP contribution in [0.2, 0.25) is 0 Å². The van der Waals surface area contributed by atoms with E-state index in [4.69, 9.17) is 9.15 Å². The molecule has 0 unspecified atom stereocenters. The Morgan fingerprint density at radius 3 is 2.89 bits per heavy atom. The minimum Gasteiger partial charge on any atom is -0.486 e. The fraction of sp³-hybridized carbons (Fsp3) is 0.231. The van der Waals surface area contributed by atoms with Gasteiger partial charge in [-0.3, -0.25) is 0 Å². The number of benzene rings is 1. The molecular weight excluding hydrogens is 484 g/mol. The second kappa shape index (κ2) is 8.06. The third-order valence-electron chi connectivity index (χ3n) is 6.54. The van der Waals surface area contributed by atoms with Crippen LogP contribution < -0.4 is 4.74 Å². The SMILES string of the molecule is Cc1cc(C(F)F)nc2sc3c(ncn4nc(-c5ccc(COc6ccc7c(c6)CCC7)o5)nc34)c12. The van der Waals surface area contributed by atoms with Gasteiger partial charge in [0.15, 0.2) is 11.4 Å². The first-order valence-corrected chi connectivity index (χ1v) is 12.4. The molecule has 0 spiro atoms. The van der Waals surface area contributed by atoms with E-state index in [1.165, 1.54) is 35.0 Å². The van der Waals surface area contributed by atoms with Crippen LogP contribution in [0.25, 0.3) is 37.7 Å². The maximum atomic E-state index is 13.3. The minimum atomic E-state index is -2.63. The molecule has 1 aliphatic carbocycles. The molecule has 0 aliphatic heterocycles. The summed E-state index contributed by atoms with van der Waals surface area (Å²) >= 11 is 1.28. The van der Waals surface area contributed by atoms with Gasteiger partial charge >= 0.3 is 0 Å². The predicted octanol–water partition coefficient (Wildman–Crippen LogP) is 6.46. The van der Waals surface area contributed by atoms with Crippen LogP contribution in [0.5, 0.6) is 5.75 Å². The van der Waals surface area contributed by atoms with Crippen molar-refractivity contribution >= 4 is 37.4 Å². The van der Waals surface area contributed by atoms with Crippen molar-refractivity contribution in [1.29, 1.82) is 0 Å². The Bertz CT molecular complexity index is 1790. The van der Waals surface area contributed by atoms with Crippen molar-refractivity contribution in [2.75, 3.05) is 0 Å². The standard InChI is InChI=1S/C26H19F2N5O2S/c1-13-9-18(23(27)28)30-26-20(13)21-22(36-26)25-31-24(32-33(25)12-29-21)19-8-7-17(35-19)11-34-16-6-5-14-3-2-4-15(14)10-16/h5-10,12,23H,2-4,11H2,1H3. The lowest BCUT2D eigenvalue weighted by Crippen LogP contribution is -1.94. The molecule has 1 aliphatic rings. The van der Waals surface area contributed by atoms with Crippen LogP contribution in [-0.2, 0) is 19.4 Å². The van der Waals surface area contributed by atoms with Gasteiger partial charge in [-0.1, -0.05) is 6.07 Å². The summed E-state index contributed by atoms with van der Waals surface area (Å²) in [6.07, 6.45) is 2.37. The molecule has 0 atom stereocenters. The Labute approximate surface area is 207 Å². The van der Waals surface area contributed by atoms with Crippen molar-refractivity contribution in [1.82, 2.24) is 24.6 Å². The Morgan fingerprint density at radius 1 is 1.11 bits per heavy atom. The minimum absolute atomic E-state index is 0.241. The number of pyridine rings is 1. The quantitative estimate of drug-likeness (QED) is 0.269. The van der Waals surface area contributed by atoms with E-state index in [1.807, 2.05) is 18.2 Å². The monoisotopic (exact) mass is 503 g/mol. The predicted molar refractivity (Wildman–Crippen MR) is 132 cm³/mol. The maximum absolute atomic E-state index is 13.3. The summed E-state index contributed by atoms with van der Waals surface area (Å²) in [6.45, 7) is 2.09. The topological polar surface area (TPSA) is 78.3 Å². The van der Waals surface area contributed by atoms with E-state index in [9.17, 15) is 8.78 Å². The molecule has 36 heavy (non-hydrogen) atoms. The lowest BCUT2D eigenvalue weighted by atomic mass is 10.1. The highest BCUT2D eigenvalue weighted by Gasteiger charge is 2.20. The molecule has 0 saturated heterocycles. The van der Waals surface area contributed by atoms with Gasteiger partial charge in [-0.25, -0.2) is 28.2 Å². The first kappa shape index (κ1) is 21.4. The van der Waals surface area contributed by atoms with E-state index in [0.29, 0.717) is 45.5 Å². The van der Waals surface area contributed by atoms with E-state index < -0.39 is 6.43 Å². The van der Waals surface area contributed by atoms with Crippen LogP contribution in [0, 0.1) is 6.92 Å². The zero-order valence-electron chi connectivity index (χ0n) is 19.2. The average Bonchev–Trinajstić information content (AvgIpc) is 3.65. The number of rotatable bonds is 5. The molecule has 7 rings (SSSR count). The van der Waals surface area contributed by atoms with Crippen LogP contribution in [0.4, 0.5) is 8.78 Å². The van der Waals surface area contributed by atoms with Gasteiger partial charge in [0.25, 0.3) is 6.43 Å². The molecule has 0 bridgehead atoms. The van der Waals surface area contributed by atoms with Gasteiger partial charge in [-0.15, -0.1) is 16.4 Å². The average molecular weight is 504 g/mol. The molecule has 0 saturated carbocycles. The molecule has 7 nitrogen and oxygen atoms in total. The molecule has 0 N–H and O–H groups in total. The van der Waals surface area contributed by atoms with Crippen molar-refractivity contribution in [3.63, 3.8) is 0 Å². The fourth-order valence-corrected chi connectivity index (χ4v) is 6.00. The smallest absolute Gasteiger partial charge is 0.280 e. The van der Waals surface area contributed by atoms with Crippen molar-refractivity contribution in [2.45, 2.75) is 39.2 Å². The summed E-state index contributed by atoms with van der Waals surface area (Å²) in [5.41, 5.74) is 4.48. The highest BCUT2D eigenvalue weighted by molar-refractivity contribution is 7.26. The van der Waals surface area contributed by atoms with Gasteiger partial charge in [0.2, 0.25) is 5.82 Å². The number of aryl methyl sites for hydroxylation is 3. The molecule has 5 aromatic heterocycles. The number of furan rings is 1. The largest absolute Gasteiger partial charge is 0.486 e. The number of fused-ring (bicyclic) bond motifs is 6. The summed E-state index contributed by atoms with van der Waals surface area (Å²) < 4.78 is 40.7. The van der Waals surface area contributed by atoms with E-state index in [-0.39, 0.29) is 5.69 Å². The number of hydrogen-bond acceptors (Lipinski definition) is 7. The highest BCUT2D eigenvalue weighted by Crippen LogP contribution is 2.37.